The van der Waals surface area contributed by atoms with E-state index in [-0.39, 0.29) is 18.9 Å². The Hall–Kier alpha value is -1.73. The predicted molar refractivity (Wildman–Crippen MR) is 420 cm³/mol. The molecule has 620 valence electrons. The van der Waals surface area contributed by atoms with E-state index in [1.54, 1.807) is 6.08 Å². The second-order valence-electron chi connectivity index (χ2n) is 31.7. The van der Waals surface area contributed by atoms with E-state index in [2.05, 4.69) is 31.3 Å². The van der Waals surface area contributed by atoms with E-state index in [0.717, 1.165) is 44.9 Å². The molecule has 12 N–H and O–H groups in total. The van der Waals surface area contributed by atoms with Gasteiger partial charge < -0.3 is 89.9 Å². The smallest absolute Gasteiger partial charge is 0.220 e. The Kier molecular flexibility index (Phi) is 62.0. The summed E-state index contributed by atoms with van der Waals surface area (Å²) in [4.78, 5) is 13.5. The Bertz CT molecular complexity index is 1990. The van der Waals surface area contributed by atoms with E-state index >= 15 is 0 Å². The number of hydrogen-bond donors (Lipinski definition) is 12. The number of unbranched alkanes of at least 4 members (excludes halogenated alkanes) is 54. The zero-order chi connectivity index (χ0) is 76.0. The standard InChI is InChI=1S/C86H163NO18/c1-3-5-7-9-11-13-15-17-19-21-23-25-27-29-31-33-34-36-37-39-41-43-45-47-49-51-53-55-57-59-61-63-70(91)69(87-74(92)64-62-60-58-56-54-52-50-48-46-44-42-40-38-35-32-30-28-26-24-22-20-18-16-14-12-10-8-6-4-2)68-100-84-80(98)77(95)82(72(66-89)102-84)105-86-81(99)78(96)83(73(67-90)103-86)104-85-79(97)76(94)75(93)71(65-88)101-85/h22,24,61,63,69-73,75-86,88-91,93-99H,3-21,23,25-60,62,64-68H2,1-2H3,(H,87,92)/b24-22-,63-61+. The largest absolute Gasteiger partial charge is 0.394 e. The fourth-order valence-electron chi connectivity index (χ4n) is 15.2. The highest BCUT2D eigenvalue weighted by Gasteiger charge is 2.54. The molecule has 3 rings (SSSR count). The Morgan fingerprint density at radius 3 is 0.924 bits per heavy atom. The molecule has 3 aliphatic rings. The molecule has 3 saturated heterocycles. The van der Waals surface area contributed by atoms with Crippen LogP contribution < -0.4 is 5.32 Å². The Morgan fingerprint density at radius 2 is 0.600 bits per heavy atom. The van der Waals surface area contributed by atoms with Gasteiger partial charge in [-0.2, -0.15) is 0 Å². The molecule has 0 aliphatic carbocycles. The van der Waals surface area contributed by atoms with Crippen LogP contribution in [0, 0.1) is 0 Å². The van der Waals surface area contributed by atoms with Crippen LogP contribution in [0.2, 0.25) is 0 Å². The van der Waals surface area contributed by atoms with Gasteiger partial charge in [-0.05, 0) is 44.9 Å². The number of rotatable bonds is 72. The number of carbonyl (C=O) groups is 1. The first-order valence-corrected chi connectivity index (χ1v) is 44.1. The molecule has 0 aromatic carbocycles. The average Bonchev–Trinajstić information content (AvgIpc) is 0.781. The van der Waals surface area contributed by atoms with E-state index in [9.17, 15) is 61.0 Å². The molecule has 0 aromatic heterocycles. The number of nitrogens with one attached hydrogen (secondary N) is 1. The summed E-state index contributed by atoms with van der Waals surface area (Å²) in [5.74, 6) is -0.267. The van der Waals surface area contributed by atoms with Gasteiger partial charge in [-0.3, -0.25) is 4.79 Å². The van der Waals surface area contributed by atoms with E-state index in [1.807, 2.05) is 6.08 Å². The minimum absolute atomic E-state index is 0.248. The molecule has 0 radical (unpaired) electrons. The van der Waals surface area contributed by atoms with Gasteiger partial charge in [0.25, 0.3) is 0 Å². The van der Waals surface area contributed by atoms with Crippen LogP contribution >= 0.6 is 0 Å². The van der Waals surface area contributed by atoms with Crippen molar-refractivity contribution in [1.29, 1.82) is 0 Å². The maximum atomic E-state index is 13.5. The molecule has 17 unspecified atom stereocenters. The van der Waals surface area contributed by atoms with Crippen LogP contribution in [-0.4, -0.2) is 193 Å². The van der Waals surface area contributed by atoms with Gasteiger partial charge >= 0.3 is 0 Å². The SMILES string of the molecule is CCCCCCCCCC/C=C\CCCCCCCCCCCCCCCCCCCC(=O)NC(COC1OC(CO)C(OC2OC(CO)C(OC3OC(CO)C(O)C(O)C3O)C(O)C2O)C(O)C1O)C(O)/C=C/CCCCCCCCCCCCCCCCCCCCCCCCCCCCCCC. The van der Waals surface area contributed by atoms with Gasteiger partial charge in [0.1, 0.15) is 73.2 Å². The lowest BCUT2D eigenvalue weighted by Crippen LogP contribution is -2.66. The van der Waals surface area contributed by atoms with Gasteiger partial charge in [-0.1, -0.05) is 359 Å². The summed E-state index contributed by atoms with van der Waals surface area (Å²) in [5.41, 5.74) is 0. The fourth-order valence-corrected chi connectivity index (χ4v) is 15.2. The van der Waals surface area contributed by atoms with Crippen LogP contribution in [-0.2, 0) is 33.2 Å². The number of amides is 1. The van der Waals surface area contributed by atoms with Crippen LogP contribution in [0.4, 0.5) is 0 Å². The minimum Gasteiger partial charge on any atom is -0.394 e. The normalized spacial score (nSPS) is 25.8. The molecule has 3 heterocycles. The van der Waals surface area contributed by atoms with Crippen molar-refractivity contribution in [2.75, 3.05) is 26.4 Å². The second-order valence-corrected chi connectivity index (χ2v) is 31.7. The van der Waals surface area contributed by atoms with Crippen molar-refractivity contribution >= 4 is 5.91 Å². The van der Waals surface area contributed by atoms with Crippen molar-refractivity contribution in [2.24, 2.45) is 0 Å². The quantitative estimate of drug-likeness (QED) is 0.0199. The lowest BCUT2D eigenvalue weighted by Gasteiger charge is -2.48. The molecular formula is C86H163NO18. The minimum atomic E-state index is -1.98. The van der Waals surface area contributed by atoms with Crippen molar-refractivity contribution < 1.29 is 89.4 Å². The fraction of sp³-hybridized carbons (Fsp3) is 0.942. The Morgan fingerprint density at radius 1 is 0.333 bits per heavy atom. The van der Waals surface area contributed by atoms with Gasteiger partial charge in [-0.25, -0.2) is 0 Å². The zero-order valence-electron chi connectivity index (χ0n) is 66.7. The van der Waals surface area contributed by atoms with Crippen LogP contribution in [0.5, 0.6) is 0 Å². The summed E-state index contributed by atoms with van der Waals surface area (Å²) in [6, 6.07) is -0.973. The van der Waals surface area contributed by atoms with Crippen LogP contribution in [0.3, 0.4) is 0 Å². The lowest BCUT2D eigenvalue weighted by molar-refractivity contribution is -0.379. The molecular weight excluding hydrogens is 1330 g/mol. The summed E-state index contributed by atoms with van der Waals surface area (Å²) in [5, 5.41) is 121. The molecule has 0 bridgehead atoms. The predicted octanol–water partition coefficient (Wildman–Crippen LogP) is 16.1. The van der Waals surface area contributed by atoms with Crippen LogP contribution in [0.15, 0.2) is 24.3 Å². The third-order valence-electron chi connectivity index (χ3n) is 22.2. The van der Waals surface area contributed by atoms with E-state index < -0.39 is 124 Å². The van der Waals surface area contributed by atoms with Gasteiger partial charge in [-0.15, -0.1) is 0 Å². The maximum absolute atomic E-state index is 13.5. The molecule has 17 atom stereocenters. The first-order chi connectivity index (χ1) is 51.3. The van der Waals surface area contributed by atoms with Gasteiger partial charge in [0.15, 0.2) is 18.9 Å². The zero-order valence-corrected chi connectivity index (χ0v) is 66.7. The summed E-state index contributed by atoms with van der Waals surface area (Å²) < 4.78 is 34.5. The Balaban J connectivity index is 1.34. The topological polar surface area (TPSA) is 307 Å². The summed E-state index contributed by atoms with van der Waals surface area (Å²) in [6.45, 7) is 1.81. The van der Waals surface area contributed by atoms with Crippen molar-refractivity contribution in [1.82, 2.24) is 5.32 Å². The average molecular weight is 1500 g/mol. The molecule has 1 amide bonds. The molecule has 19 nitrogen and oxygen atoms in total. The molecule has 0 saturated carbocycles. The summed E-state index contributed by atoms with van der Waals surface area (Å²) >= 11 is 0. The highest BCUT2D eigenvalue weighted by Crippen LogP contribution is 2.34. The molecule has 0 spiro atoms. The van der Waals surface area contributed by atoms with E-state index in [0.29, 0.717) is 6.42 Å². The van der Waals surface area contributed by atoms with Crippen molar-refractivity contribution in [2.45, 2.75) is 491 Å². The number of aliphatic hydroxyl groups excluding tert-OH is 11. The summed E-state index contributed by atoms with van der Waals surface area (Å²) in [6.07, 6.45) is 56.1. The molecule has 105 heavy (non-hydrogen) atoms. The molecule has 0 aromatic rings. The first kappa shape index (κ1) is 97.5. The molecule has 3 fully saturated rings. The first-order valence-electron chi connectivity index (χ1n) is 44.1. The van der Waals surface area contributed by atoms with Crippen LogP contribution in [0.1, 0.15) is 386 Å². The third kappa shape index (κ3) is 46.1. The monoisotopic (exact) mass is 1500 g/mol. The van der Waals surface area contributed by atoms with Gasteiger partial charge in [0.2, 0.25) is 5.91 Å². The van der Waals surface area contributed by atoms with Crippen molar-refractivity contribution in [3.63, 3.8) is 0 Å². The molecule has 3 aliphatic heterocycles. The summed E-state index contributed by atoms with van der Waals surface area (Å²) in [7, 11) is 0. The number of aliphatic hydroxyl groups is 11. The highest BCUT2D eigenvalue weighted by atomic mass is 16.8. The molecule has 19 heteroatoms. The number of ether oxygens (including phenoxy) is 6. The second kappa shape index (κ2) is 66.8. The van der Waals surface area contributed by atoms with Gasteiger partial charge in [0, 0.05) is 6.42 Å². The van der Waals surface area contributed by atoms with Crippen molar-refractivity contribution in [3.05, 3.63) is 24.3 Å². The van der Waals surface area contributed by atoms with Crippen molar-refractivity contribution in [3.8, 4) is 0 Å². The highest BCUT2D eigenvalue weighted by molar-refractivity contribution is 5.76. The Labute approximate surface area is 638 Å². The number of carbonyl (C=O) groups excluding carboxylic acids is 1. The number of hydrogen-bond acceptors (Lipinski definition) is 18. The lowest BCUT2D eigenvalue weighted by atomic mass is 9.96. The van der Waals surface area contributed by atoms with E-state index in [1.165, 1.54) is 315 Å². The van der Waals surface area contributed by atoms with E-state index in [4.69, 9.17) is 28.4 Å². The third-order valence-corrected chi connectivity index (χ3v) is 22.2. The van der Waals surface area contributed by atoms with Gasteiger partial charge in [0.05, 0.1) is 38.6 Å². The maximum Gasteiger partial charge on any atom is 0.220 e. The number of allylic oxidation sites excluding steroid dienone is 3. The van der Waals surface area contributed by atoms with Crippen LogP contribution in [0.25, 0.3) is 0 Å².